The standard InChI is InChI=1S/C19H26N4S/c1-15-14-24-19(21-15)17-6-10-22(11-7-17)13-16-4-5-18(20-12-16)23-8-2-3-9-23/h4-5,12,14,17H,2-3,6-11,13H2,1H3. The van der Waals surface area contributed by atoms with Gasteiger partial charge in [0.05, 0.1) is 5.01 Å². The Hall–Kier alpha value is -1.46. The predicted octanol–water partition coefficient (Wildman–Crippen LogP) is 3.83. The highest BCUT2D eigenvalue weighted by molar-refractivity contribution is 7.09. The number of aromatic nitrogens is 2. The SMILES string of the molecule is Cc1csc(C2CCN(Cc3ccc(N4CCCC4)nc3)CC2)n1. The summed E-state index contributed by atoms with van der Waals surface area (Å²) in [6.07, 6.45) is 7.14. The monoisotopic (exact) mass is 342 g/mol. The zero-order valence-corrected chi connectivity index (χ0v) is 15.3. The molecule has 0 bridgehead atoms. The minimum atomic E-state index is 0.663. The molecule has 0 saturated carbocycles. The van der Waals surface area contributed by atoms with Crippen molar-refractivity contribution in [3.63, 3.8) is 0 Å². The van der Waals surface area contributed by atoms with Crippen molar-refractivity contribution in [2.24, 2.45) is 0 Å². The molecule has 2 aromatic heterocycles. The summed E-state index contributed by atoms with van der Waals surface area (Å²) in [6, 6.07) is 4.46. The molecule has 0 unspecified atom stereocenters. The summed E-state index contributed by atoms with van der Waals surface area (Å²) in [6.45, 7) is 7.77. The predicted molar refractivity (Wildman–Crippen MR) is 99.8 cm³/mol. The second-order valence-electron chi connectivity index (χ2n) is 7.10. The van der Waals surface area contributed by atoms with Gasteiger partial charge < -0.3 is 4.90 Å². The van der Waals surface area contributed by atoms with Crippen LogP contribution in [0.3, 0.4) is 0 Å². The molecule has 2 fully saturated rings. The second kappa shape index (κ2) is 7.19. The minimum absolute atomic E-state index is 0.663. The zero-order chi connectivity index (χ0) is 16.4. The number of thiazole rings is 1. The van der Waals surface area contributed by atoms with Crippen LogP contribution in [0.2, 0.25) is 0 Å². The first-order valence-electron chi connectivity index (χ1n) is 9.12. The van der Waals surface area contributed by atoms with Crippen molar-refractivity contribution < 1.29 is 0 Å². The van der Waals surface area contributed by atoms with Crippen molar-refractivity contribution in [2.75, 3.05) is 31.1 Å². The van der Waals surface area contributed by atoms with Gasteiger partial charge in [0.2, 0.25) is 0 Å². The van der Waals surface area contributed by atoms with Gasteiger partial charge in [-0.3, -0.25) is 4.90 Å². The normalized spacial score (nSPS) is 20.0. The highest BCUT2D eigenvalue weighted by Gasteiger charge is 2.23. The topological polar surface area (TPSA) is 32.3 Å². The third-order valence-electron chi connectivity index (χ3n) is 5.22. The molecule has 0 spiro atoms. The van der Waals surface area contributed by atoms with Gasteiger partial charge in [-0.2, -0.15) is 0 Å². The molecule has 2 saturated heterocycles. The lowest BCUT2D eigenvalue weighted by atomic mass is 9.97. The summed E-state index contributed by atoms with van der Waals surface area (Å²) in [5.74, 6) is 1.81. The molecule has 0 radical (unpaired) electrons. The maximum absolute atomic E-state index is 4.68. The van der Waals surface area contributed by atoms with Gasteiger partial charge in [0, 0.05) is 42.8 Å². The van der Waals surface area contributed by atoms with Crippen LogP contribution in [0, 0.1) is 6.92 Å². The first kappa shape index (κ1) is 16.0. The van der Waals surface area contributed by atoms with Crippen molar-refractivity contribution in [3.8, 4) is 0 Å². The molecular weight excluding hydrogens is 316 g/mol. The largest absolute Gasteiger partial charge is 0.357 e. The molecule has 0 aliphatic carbocycles. The van der Waals surface area contributed by atoms with Gasteiger partial charge in [-0.05, 0) is 57.3 Å². The van der Waals surface area contributed by atoms with E-state index in [1.54, 1.807) is 0 Å². The van der Waals surface area contributed by atoms with Crippen LogP contribution < -0.4 is 4.90 Å². The van der Waals surface area contributed by atoms with Crippen LogP contribution >= 0.6 is 11.3 Å². The fourth-order valence-corrected chi connectivity index (χ4v) is 4.77. The van der Waals surface area contributed by atoms with Crippen LogP contribution in [0.5, 0.6) is 0 Å². The lowest BCUT2D eigenvalue weighted by Gasteiger charge is -2.31. The molecule has 2 aromatic rings. The Balaban J connectivity index is 1.30. The molecule has 0 atom stereocenters. The van der Waals surface area contributed by atoms with Crippen LogP contribution in [0.25, 0.3) is 0 Å². The van der Waals surface area contributed by atoms with Gasteiger partial charge in [0.25, 0.3) is 0 Å². The summed E-state index contributed by atoms with van der Waals surface area (Å²) in [5, 5.41) is 3.51. The van der Waals surface area contributed by atoms with Crippen LogP contribution in [0.1, 0.15) is 47.9 Å². The average molecular weight is 343 g/mol. The Labute approximate surface area is 148 Å². The van der Waals surface area contributed by atoms with Crippen molar-refractivity contribution >= 4 is 17.2 Å². The minimum Gasteiger partial charge on any atom is -0.357 e. The molecule has 4 rings (SSSR count). The molecule has 0 aromatic carbocycles. The first-order chi connectivity index (χ1) is 11.8. The fourth-order valence-electron chi connectivity index (χ4n) is 3.80. The van der Waals surface area contributed by atoms with E-state index in [-0.39, 0.29) is 0 Å². The number of aryl methyl sites for hydroxylation is 1. The molecule has 0 amide bonds. The van der Waals surface area contributed by atoms with Crippen molar-refractivity contribution in [1.29, 1.82) is 0 Å². The van der Waals surface area contributed by atoms with E-state index >= 15 is 0 Å². The Morgan fingerprint density at radius 1 is 1.12 bits per heavy atom. The van der Waals surface area contributed by atoms with E-state index in [0.29, 0.717) is 5.92 Å². The first-order valence-corrected chi connectivity index (χ1v) is 10.0. The third kappa shape index (κ3) is 3.62. The number of hydrogen-bond donors (Lipinski definition) is 0. The Morgan fingerprint density at radius 2 is 1.92 bits per heavy atom. The van der Waals surface area contributed by atoms with Gasteiger partial charge in [-0.25, -0.2) is 9.97 Å². The lowest BCUT2D eigenvalue weighted by Crippen LogP contribution is -2.32. The average Bonchev–Trinajstić information content (AvgIpc) is 3.28. The van der Waals surface area contributed by atoms with Crippen LogP contribution in [-0.4, -0.2) is 41.0 Å². The highest BCUT2D eigenvalue weighted by atomic mass is 32.1. The number of piperidine rings is 1. The van der Waals surface area contributed by atoms with Gasteiger partial charge in [0.1, 0.15) is 5.82 Å². The van der Waals surface area contributed by atoms with E-state index in [2.05, 4.69) is 50.4 Å². The van der Waals surface area contributed by atoms with Gasteiger partial charge in [0.15, 0.2) is 0 Å². The fraction of sp³-hybridized carbons (Fsp3) is 0.579. The van der Waals surface area contributed by atoms with E-state index in [9.17, 15) is 0 Å². The second-order valence-corrected chi connectivity index (χ2v) is 7.99. The van der Waals surface area contributed by atoms with E-state index in [1.807, 2.05) is 11.3 Å². The maximum Gasteiger partial charge on any atom is 0.128 e. The molecule has 5 heteroatoms. The van der Waals surface area contributed by atoms with Crippen LogP contribution in [-0.2, 0) is 6.54 Å². The van der Waals surface area contributed by atoms with Crippen LogP contribution in [0.4, 0.5) is 5.82 Å². The Morgan fingerprint density at radius 3 is 2.54 bits per heavy atom. The molecule has 4 nitrogen and oxygen atoms in total. The van der Waals surface area contributed by atoms with Crippen molar-refractivity contribution in [2.45, 2.75) is 45.1 Å². The molecule has 24 heavy (non-hydrogen) atoms. The molecule has 4 heterocycles. The third-order valence-corrected chi connectivity index (χ3v) is 6.34. The lowest BCUT2D eigenvalue weighted by molar-refractivity contribution is 0.204. The number of pyridine rings is 1. The molecular formula is C19H26N4S. The number of nitrogens with zero attached hydrogens (tertiary/aromatic N) is 4. The summed E-state index contributed by atoms with van der Waals surface area (Å²) in [7, 11) is 0. The summed E-state index contributed by atoms with van der Waals surface area (Å²) < 4.78 is 0. The number of anilines is 1. The van der Waals surface area contributed by atoms with Crippen LogP contribution in [0.15, 0.2) is 23.7 Å². The summed E-state index contributed by atoms with van der Waals surface area (Å²) in [5.41, 5.74) is 2.50. The van der Waals surface area contributed by atoms with E-state index in [4.69, 9.17) is 0 Å². The number of likely N-dealkylation sites (tertiary alicyclic amines) is 1. The molecule has 2 aliphatic heterocycles. The highest BCUT2D eigenvalue weighted by Crippen LogP contribution is 2.30. The van der Waals surface area contributed by atoms with E-state index < -0.39 is 0 Å². The van der Waals surface area contributed by atoms with Crippen molar-refractivity contribution in [1.82, 2.24) is 14.9 Å². The van der Waals surface area contributed by atoms with Crippen molar-refractivity contribution in [3.05, 3.63) is 40.0 Å². The Kier molecular flexibility index (Phi) is 4.81. The molecule has 128 valence electrons. The van der Waals surface area contributed by atoms with Gasteiger partial charge in [-0.15, -0.1) is 11.3 Å². The van der Waals surface area contributed by atoms with Gasteiger partial charge in [-0.1, -0.05) is 6.07 Å². The summed E-state index contributed by atoms with van der Waals surface area (Å²) >= 11 is 1.83. The Bertz CT molecular complexity index is 652. The molecule has 2 aliphatic rings. The number of rotatable bonds is 4. The smallest absolute Gasteiger partial charge is 0.128 e. The van der Waals surface area contributed by atoms with Gasteiger partial charge >= 0.3 is 0 Å². The van der Waals surface area contributed by atoms with E-state index in [1.165, 1.54) is 41.9 Å². The number of hydrogen-bond acceptors (Lipinski definition) is 5. The molecule has 0 N–H and O–H groups in total. The quantitative estimate of drug-likeness (QED) is 0.845. The van der Waals surface area contributed by atoms with E-state index in [0.717, 1.165) is 38.5 Å². The maximum atomic E-state index is 4.68. The summed E-state index contributed by atoms with van der Waals surface area (Å²) in [4.78, 5) is 14.3. The zero-order valence-electron chi connectivity index (χ0n) is 14.4.